The van der Waals surface area contributed by atoms with Crippen LogP contribution in [0.25, 0.3) is 0 Å². The summed E-state index contributed by atoms with van der Waals surface area (Å²) in [6.07, 6.45) is 17.3. The largest absolute Gasteiger partial charge is 0.486 e. The van der Waals surface area contributed by atoms with Crippen LogP contribution in [0.5, 0.6) is 5.75 Å². The minimum Gasteiger partial charge on any atom is -0.486 e. The normalized spacial score (nSPS) is 29.0. The third-order valence-corrected chi connectivity index (χ3v) is 7.75. The zero-order valence-electron chi connectivity index (χ0n) is 17.2. The molecule has 0 saturated heterocycles. The fourth-order valence-corrected chi connectivity index (χ4v) is 5.89. The van der Waals surface area contributed by atoms with Gasteiger partial charge in [0.2, 0.25) is 5.82 Å². The first-order valence-corrected chi connectivity index (χ1v) is 11.4. The number of rotatable bonds is 5. The van der Waals surface area contributed by atoms with Crippen molar-refractivity contribution in [2.24, 2.45) is 23.7 Å². The number of benzene rings is 1. The number of hydrogen-bond donors (Lipinski definition) is 0. The summed E-state index contributed by atoms with van der Waals surface area (Å²) < 4.78 is 33.2. The molecule has 1 atom stereocenters. The molecule has 2 fully saturated rings. The summed E-state index contributed by atoms with van der Waals surface area (Å²) in [5.74, 6) is 2.09. The summed E-state index contributed by atoms with van der Waals surface area (Å²) in [6, 6.07) is 3.10. The van der Waals surface area contributed by atoms with Gasteiger partial charge in [-0.3, -0.25) is 0 Å². The molecule has 1 unspecified atom stereocenters. The maximum atomic E-state index is 13.9. The van der Waals surface area contributed by atoms with Crippen LogP contribution in [-0.2, 0) is 0 Å². The zero-order chi connectivity index (χ0) is 19.5. The lowest BCUT2D eigenvalue weighted by atomic mass is 9.69. The molecule has 2 saturated carbocycles. The number of ether oxygens (including phenoxy) is 1. The molecule has 0 aromatic heterocycles. The van der Waals surface area contributed by atoms with Crippen molar-refractivity contribution in [2.45, 2.75) is 77.6 Å². The van der Waals surface area contributed by atoms with Gasteiger partial charge in [-0.1, -0.05) is 37.8 Å². The standard InChI is InChI=1S/C25H34F2O/c1-17-6-15-23(25(27)24(17)26)28-16-18-7-9-20(10-8-18)22-13-11-21(12-14-22)19-4-2-3-5-19/h6-7,15,19-22H,2-5,8-14,16H2,1H3. The molecule has 0 N–H and O–H groups in total. The highest BCUT2D eigenvalue weighted by Crippen LogP contribution is 2.44. The Morgan fingerprint density at radius 1 is 0.821 bits per heavy atom. The second-order valence-corrected chi connectivity index (χ2v) is 9.41. The molecule has 3 aliphatic carbocycles. The van der Waals surface area contributed by atoms with Crippen LogP contribution in [0.15, 0.2) is 23.8 Å². The SMILES string of the molecule is Cc1ccc(OCC2=CCC(C3CCC(C4CCCC4)CC3)CC2)c(F)c1F. The molecule has 28 heavy (non-hydrogen) atoms. The highest BCUT2D eigenvalue weighted by molar-refractivity contribution is 5.30. The smallest absolute Gasteiger partial charge is 0.200 e. The molecule has 0 heterocycles. The molecule has 1 aromatic rings. The van der Waals surface area contributed by atoms with Crippen molar-refractivity contribution in [1.82, 2.24) is 0 Å². The summed E-state index contributed by atoms with van der Waals surface area (Å²) >= 11 is 0. The number of allylic oxidation sites excluding steroid dienone is 1. The number of aryl methyl sites for hydroxylation is 1. The molecule has 154 valence electrons. The van der Waals surface area contributed by atoms with Gasteiger partial charge in [0, 0.05) is 0 Å². The average Bonchev–Trinajstić information content (AvgIpc) is 3.27. The van der Waals surface area contributed by atoms with Gasteiger partial charge >= 0.3 is 0 Å². The van der Waals surface area contributed by atoms with E-state index in [1.165, 1.54) is 69.4 Å². The Balaban J connectivity index is 1.24. The van der Waals surface area contributed by atoms with Crippen LogP contribution in [0, 0.1) is 42.2 Å². The summed E-state index contributed by atoms with van der Waals surface area (Å²) in [5.41, 5.74) is 1.54. The van der Waals surface area contributed by atoms with Crippen LogP contribution < -0.4 is 4.74 Å². The van der Waals surface area contributed by atoms with Crippen molar-refractivity contribution in [3.8, 4) is 5.75 Å². The third-order valence-electron chi connectivity index (χ3n) is 7.75. The summed E-state index contributed by atoms with van der Waals surface area (Å²) in [4.78, 5) is 0. The van der Waals surface area contributed by atoms with Gasteiger partial charge in [0.25, 0.3) is 0 Å². The Hall–Kier alpha value is -1.38. The van der Waals surface area contributed by atoms with Crippen LogP contribution in [0.4, 0.5) is 8.78 Å². The fourth-order valence-electron chi connectivity index (χ4n) is 5.89. The first-order chi connectivity index (χ1) is 13.6. The molecule has 0 spiro atoms. The minimum atomic E-state index is -0.867. The molecule has 0 aliphatic heterocycles. The summed E-state index contributed by atoms with van der Waals surface area (Å²) in [6.45, 7) is 1.94. The lowest BCUT2D eigenvalue weighted by molar-refractivity contribution is 0.155. The van der Waals surface area contributed by atoms with E-state index in [-0.39, 0.29) is 5.75 Å². The first kappa shape index (κ1) is 19.9. The highest BCUT2D eigenvalue weighted by Gasteiger charge is 2.32. The van der Waals surface area contributed by atoms with Crippen LogP contribution in [-0.4, -0.2) is 6.61 Å². The Morgan fingerprint density at radius 3 is 2.11 bits per heavy atom. The van der Waals surface area contributed by atoms with E-state index in [2.05, 4.69) is 6.08 Å². The lowest BCUT2D eigenvalue weighted by Crippen LogP contribution is -2.26. The highest BCUT2D eigenvalue weighted by atomic mass is 19.2. The van der Waals surface area contributed by atoms with E-state index in [1.807, 2.05) is 0 Å². The molecule has 3 aliphatic rings. The van der Waals surface area contributed by atoms with E-state index in [9.17, 15) is 8.78 Å². The molecule has 1 nitrogen and oxygen atoms in total. The Labute approximate surface area is 168 Å². The topological polar surface area (TPSA) is 9.23 Å². The van der Waals surface area contributed by atoms with Crippen LogP contribution >= 0.6 is 0 Å². The molecule has 1 aromatic carbocycles. The second kappa shape index (κ2) is 8.97. The van der Waals surface area contributed by atoms with Crippen molar-refractivity contribution in [2.75, 3.05) is 6.61 Å². The molecular weight excluding hydrogens is 354 g/mol. The maximum absolute atomic E-state index is 13.9. The van der Waals surface area contributed by atoms with Gasteiger partial charge in [-0.25, -0.2) is 4.39 Å². The van der Waals surface area contributed by atoms with Crippen molar-refractivity contribution in [3.63, 3.8) is 0 Å². The van der Waals surface area contributed by atoms with Gasteiger partial charge in [0.15, 0.2) is 11.6 Å². The van der Waals surface area contributed by atoms with Crippen molar-refractivity contribution in [3.05, 3.63) is 41.0 Å². The monoisotopic (exact) mass is 388 g/mol. The van der Waals surface area contributed by atoms with E-state index < -0.39 is 11.6 Å². The second-order valence-electron chi connectivity index (χ2n) is 9.41. The first-order valence-electron chi connectivity index (χ1n) is 11.4. The maximum Gasteiger partial charge on any atom is 0.200 e. The predicted molar refractivity (Wildman–Crippen MR) is 109 cm³/mol. The van der Waals surface area contributed by atoms with Crippen LogP contribution in [0.1, 0.15) is 76.2 Å². The van der Waals surface area contributed by atoms with Gasteiger partial charge in [0.1, 0.15) is 6.61 Å². The minimum absolute atomic E-state index is 0.0244. The molecule has 0 bridgehead atoms. The van der Waals surface area contributed by atoms with E-state index >= 15 is 0 Å². The fraction of sp³-hybridized carbons (Fsp3) is 0.680. The Morgan fingerprint density at radius 2 is 1.46 bits per heavy atom. The van der Waals surface area contributed by atoms with Gasteiger partial charge in [0.05, 0.1) is 0 Å². The van der Waals surface area contributed by atoms with E-state index in [1.54, 1.807) is 13.0 Å². The predicted octanol–water partition coefficient (Wildman–Crippen LogP) is 7.38. The van der Waals surface area contributed by atoms with E-state index in [0.717, 1.165) is 36.5 Å². The zero-order valence-corrected chi connectivity index (χ0v) is 17.2. The molecule has 3 heteroatoms. The molecular formula is C25H34F2O. The molecule has 4 rings (SSSR count). The Kier molecular flexibility index (Phi) is 6.38. The van der Waals surface area contributed by atoms with Gasteiger partial charge in [-0.2, -0.15) is 4.39 Å². The van der Waals surface area contributed by atoms with Crippen LogP contribution in [0.3, 0.4) is 0 Å². The van der Waals surface area contributed by atoms with Gasteiger partial charge in [-0.05, 0) is 92.7 Å². The summed E-state index contributed by atoms with van der Waals surface area (Å²) in [5, 5.41) is 0. The summed E-state index contributed by atoms with van der Waals surface area (Å²) in [7, 11) is 0. The van der Waals surface area contributed by atoms with Crippen molar-refractivity contribution >= 4 is 0 Å². The lowest BCUT2D eigenvalue weighted by Gasteiger charge is -2.37. The van der Waals surface area contributed by atoms with E-state index in [0.29, 0.717) is 12.2 Å². The Bertz CT molecular complexity index is 697. The van der Waals surface area contributed by atoms with Crippen molar-refractivity contribution in [1.29, 1.82) is 0 Å². The van der Waals surface area contributed by atoms with E-state index in [4.69, 9.17) is 4.74 Å². The molecule has 0 amide bonds. The number of hydrogen-bond acceptors (Lipinski definition) is 1. The quantitative estimate of drug-likeness (QED) is 0.478. The van der Waals surface area contributed by atoms with Gasteiger partial charge < -0.3 is 4.74 Å². The van der Waals surface area contributed by atoms with Crippen LogP contribution in [0.2, 0.25) is 0 Å². The van der Waals surface area contributed by atoms with Crippen molar-refractivity contribution < 1.29 is 13.5 Å². The third kappa shape index (κ3) is 4.44. The average molecular weight is 389 g/mol. The molecule has 0 radical (unpaired) electrons. The van der Waals surface area contributed by atoms with Gasteiger partial charge in [-0.15, -0.1) is 0 Å². The number of halogens is 2.